The van der Waals surface area contributed by atoms with Crippen LogP contribution >= 0.6 is 0 Å². The van der Waals surface area contributed by atoms with Gasteiger partial charge < -0.3 is 9.47 Å². The molecule has 2 aromatic carbocycles. The highest BCUT2D eigenvalue weighted by Crippen LogP contribution is 2.31. The van der Waals surface area contributed by atoms with Gasteiger partial charge in [0.2, 0.25) is 5.88 Å². The van der Waals surface area contributed by atoms with Crippen LogP contribution in [-0.4, -0.2) is 22.1 Å². The summed E-state index contributed by atoms with van der Waals surface area (Å²) in [5.41, 5.74) is 1.42. The SMILES string of the molecule is COc1cc(F)ccc1Oc1cccc(-c2ncc3ccccc3n2)n1. The molecule has 128 valence electrons. The zero-order valence-electron chi connectivity index (χ0n) is 13.9. The zero-order chi connectivity index (χ0) is 17.9. The molecule has 2 aromatic heterocycles. The molecule has 26 heavy (non-hydrogen) atoms. The van der Waals surface area contributed by atoms with Crippen molar-refractivity contribution in [2.24, 2.45) is 0 Å². The lowest BCUT2D eigenvalue weighted by molar-refractivity contribution is 0.371. The Bertz CT molecular complexity index is 1090. The van der Waals surface area contributed by atoms with Gasteiger partial charge in [-0.3, -0.25) is 0 Å². The number of hydrogen-bond donors (Lipinski definition) is 0. The maximum atomic E-state index is 13.3. The summed E-state index contributed by atoms with van der Waals surface area (Å²) >= 11 is 0. The maximum absolute atomic E-state index is 13.3. The first-order valence-corrected chi connectivity index (χ1v) is 7.93. The van der Waals surface area contributed by atoms with E-state index in [4.69, 9.17) is 9.47 Å². The topological polar surface area (TPSA) is 57.1 Å². The van der Waals surface area contributed by atoms with E-state index in [0.29, 0.717) is 28.9 Å². The quantitative estimate of drug-likeness (QED) is 0.539. The number of benzene rings is 2. The van der Waals surface area contributed by atoms with E-state index in [1.165, 1.54) is 25.3 Å². The Balaban J connectivity index is 1.68. The average molecular weight is 347 g/mol. The lowest BCUT2D eigenvalue weighted by Gasteiger charge is -2.10. The van der Waals surface area contributed by atoms with Crippen LogP contribution in [-0.2, 0) is 0 Å². The predicted molar refractivity (Wildman–Crippen MR) is 95.8 cm³/mol. The molecular weight excluding hydrogens is 333 g/mol. The van der Waals surface area contributed by atoms with Gasteiger partial charge in [0.25, 0.3) is 0 Å². The summed E-state index contributed by atoms with van der Waals surface area (Å²) in [6.45, 7) is 0. The van der Waals surface area contributed by atoms with Crippen molar-refractivity contribution in [3.8, 4) is 28.9 Å². The lowest BCUT2D eigenvalue weighted by atomic mass is 10.2. The summed E-state index contributed by atoms with van der Waals surface area (Å²) in [7, 11) is 1.45. The van der Waals surface area contributed by atoms with Crippen molar-refractivity contribution in [1.82, 2.24) is 15.0 Å². The number of fused-ring (bicyclic) bond motifs is 1. The minimum Gasteiger partial charge on any atom is -0.493 e. The molecule has 0 saturated heterocycles. The van der Waals surface area contributed by atoms with Crippen molar-refractivity contribution >= 4 is 10.9 Å². The zero-order valence-corrected chi connectivity index (χ0v) is 13.9. The van der Waals surface area contributed by atoms with Crippen LogP contribution in [0.3, 0.4) is 0 Å². The summed E-state index contributed by atoms with van der Waals surface area (Å²) in [6, 6.07) is 17.1. The molecule has 0 fully saturated rings. The first-order valence-electron chi connectivity index (χ1n) is 7.93. The number of hydrogen-bond acceptors (Lipinski definition) is 5. The van der Waals surface area contributed by atoms with Crippen LogP contribution in [0.25, 0.3) is 22.4 Å². The first-order chi connectivity index (χ1) is 12.7. The van der Waals surface area contributed by atoms with Gasteiger partial charge >= 0.3 is 0 Å². The molecule has 0 atom stereocenters. The summed E-state index contributed by atoms with van der Waals surface area (Å²) in [5.74, 6) is 1.10. The van der Waals surface area contributed by atoms with E-state index < -0.39 is 5.82 Å². The summed E-state index contributed by atoms with van der Waals surface area (Å²) in [5, 5.41) is 0.958. The highest BCUT2D eigenvalue weighted by Gasteiger charge is 2.10. The smallest absolute Gasteiger partial charge is 0.220 e. The van der Waals surface area contributed by atoms with Crippen molar-refractivity contribution in [3.05, 3.63) is 72.7 Å². The van der Waals surface area contributed by atoms with Crippen LogP contribution < -0.4 is 9.47 Å². The first kappa shape index (κ1) is 16.0. The van der Waals surface area contributed by atoms with Crippen molar-refractivity contribution in [3.63, 3.8) is 0 Å². The van der Waals surface area contributed by atoms with Gasteiger partial charge in [0, 0.05) is 23.7 Å². The number of aromatic nitrogens is 3. The Hall–Kier alpha value is -3.54. The monoisotopic (exact) mass is 347 g/mol. The molecule has 0 unspecified atom stereocenters. The molecule has 0 amide bonds. The Labute approximate surface area is 149 Å². The molecule has 4 aromatic rings. The molecule has 0 aliphatic heterocycles. The van der Waals surface area contributed by atoms with Crippen molar-refractivity contribution in [2.75, 3.05) is 7.11 Å². The minimum atomic E-state index is -0.402. The fourth-order valence-electron chi connectivity index (χ4n) is 2.53. The third-order valence-electron chi connectivity index (χ3n) is 3.78. The Morgan fingerprint density at radius 3 is 2.65 bits per heavy atom. The molecule has 0 saturated carbocycles. The molecule has 0 aliphatic rings. The van der Waals surface area contributed by atoms with Crippen LogP contribution in [0.15, 0.2) is 66.9 Å². The molecule has 2 heterocycles. The number of para-hydroxylation sites is 1. The molecule has 0 spiro atoms. The molecule has 0 aliphatic carbocycles. The van der Waals surface area contributed by atoms with Gasteiger partial charge in [-0.2, -0.15) is 0 Å². The maximum Gasteiger partial charge on any atom is 0.220 e. The van der Waals surface area contributed by atoms with E-state index in [2.05, 4.69) is 15.0 Å². The van der Waals surface area contributed by atoms with Crippen LogP contribution in [0.2, 0.25) is 0 Å². The third-order valence-corrected chi connectivity index (χ3v) is 3.78. The van der Waals surface area contributed by atoms with Crippen LogP contribution in [0, 0.1) is 5.82 Å². The Morgan fingerprint density at radius 1 is 0.885 bits per heavy atom. The highest BCUT2D eigenvalue weighted by molar-refractivity contribution is 5.79. The molecule has 0 bridgehead atoms. The predicted octanol–water partition coefficient (Wildman–Crippen LogP) is 4.63. The number of nitrogens with zero attached hydrogens (tertiary/aromatic N) is 3. The van der Waals surface area contributed by atoms with E-state index in [0.717, 1.165) is 10.9 Å². The van der Waals surface area contributed by atoms with Gasteiger partial charge in [0.15, 0.2) is 17.3 Å². The third kappa shape index (κ3) is 3.17. The number of halogens is 1. The van der Waals surface area contributed by atoms with Gasteiger partial charge in [0.1, 0.15) is 11.5 Å². The van der Waals surface area contributed by atoms with E-state index in [1.807, 2.05) is 24.3 Å². The van der Waals surface area contributed by atoms with Gasteiger partial charge in [-0.05, 0) is 24.3 Å². The minimum absolute atomic E-state index is 0.291. The number of methoxy groups -OCH3 is 1. The molecule has 0 N–H and O–H groups in total. The van der Waals surface area contributed by atoms with E-state index in [9.17, 15) is 4.39 Å². The van der Waals surface area contributed by atoms with Crippen molar-refractivity contribution in [1.29, 1.82) is 0 Å². The summed E-state index contributed by atoms with van der Waals surface area (Å²) in [6.07, 6.45) is 1.76. The normalized spacial score (nSPS) is 10.7. The summed E-state index contributed by atoms with van der Waals surface area (Å²) in [4.78, 5) is 13.3. The van der Waals surface area contributed by atoms with Gasteiger partial charge in [-0.1, -0.05) is 24.3 Å². The van der Waals surface area contributed by atoms with Crippen LogP contribution in [0.4, 0.5) is 4.39 Å². The molecular formula is C20H14FN3O2. The Kier molecular flexibility index (Phi) is 4.15. The number of pyridine rings is 1. The van der Waals surface area contributed by atoms with E-state index in [-0.39, 0.29) is 0 Å². The average Bonchev–Trinajstić information content (AvgIpc) is 2.69. The largest absolute Gasteiger partial charge is 0.493 e. The fourth-order valence-corrected chi connectivity index (χ4v) is 2.53. The highest BCUT2D eigenvalue weighted by atomic mass is 19.1. The van der Waals surface area contributed by atoms with E-state index in [1.54, 1.807) is 24.4 Å². The molecule has 6 heteroatoms. The fraction of sp³-hybridized carbons (Fsp3) is 0.0500. The number of ether oxygens (including phenoxy) is 2. The summed E-state index contributed by atoms with van der Waals surface area (Å²) < 4.78 is 24.2. The second-order valence-corrected chi connectivity index (χ2v) is 5.51. The standard InChI is InChI=1S/C20H14FN3O2/c1-25-18-11-14(21)9-10-17(18)26-19-8-4-7-16(23-19)20-22-12-13-5-2-3-6-15(13)24-20/h2-12H,1H3. The second kappa shape index (κ2) is 6.76. The molecule has 5 nitrogen and oxygen atoms in total. The van der Waals surface area contributed by atoms with Crippen molar-refractivity contribution in [2.45, 2.75) is 0 Å². The van der Waals surface area contributed by atoms with Crippen molar-refractivity contribution < 1.29 is 13.9 Å². The van der Waals surface area contributed by atoms with Gasteiger partial charge in [-0.15, -0.1) is 0 Å². The van der Waals surface area contributed by atoms with Crippen LogP contribution in [0.5, 0.6) is 17.4 Å². The lowest BCUT2D eigenvalue weighted by Crippen LogP contribution is -1.96. The Morgan fingerprint density at radius 2 is 1.77 bits per heavy atom. The van der Waals surface area contributed by atoms with E-state index >= 15 is 0 Å². The van der Waals surface area contributed by atoms with Crippen LogP contribution in [0.1, 0.15) is 0 Å². The second-order valence-electron chi connectivity index (χ2n) is 5.51. The number of rotatable bonds is 4. The molecule has 0 radical (unpaired) electrons. The van der Waals surface area contributed by atoms with Gasteiger partial charge in [0.05, 0.1) is 12.6 Å². The van der Waals surface area contributed by atoms with Gasteiger partial charge in [-0.25, -0.2) is 19.3 Å². The molecule has 4 rings (SSSR count).